The number of carboxylic acid groups (broad SMARTS) is 1. The van der Waals surface area contributed by atoms with Crippen LogP contribution in [-0.4, -0.2) is 54.2 Å². The normalized spacial score (nSPS) is 14.1. The van der Waals surface area contributed by atoms with Crippen LogP contribution in [0.1, 0.15) is 43.7 Å². The third-order valence-corrected chi connectivity index (χ3v) is 6.10. The summed E-state index contributed by atoms with van der Waals surface area (Å²) >= 11 is 0. The highest BCUT2D eigenvalue weighted by Crippen LogP contribution is 2.44. The van der Waals surface area contributed by atoms with Crippen LogP contribution in [0.15, 0.2) is 48.5 Å². The van der Waals surface area contributed by atoms with Gasteiger partial charge in [-0.25, -0.2) is 9.59 Å². The molecule has 0 spiro atoms. The fourth-order valence-corrected chi connectivity index (χ4v) is 4.28. The van der Waals surface area contributed by atoms with E-state index in [0.29, 0.717) is 12.8 Å². The van der Waals surface area contributed by atoms with Gasteiger partial charge in [-0.15, -0.1) is 0 Å². The first kappa shape index (κ1) is 23.3. The maximum absolute atomic E-state index is 12.5. The summed E-state index contributed by atoms with van der Waals surface area (Å²) in [6.07, 6.45) is 0.197. The van der Waals surface area contributed by atoms with Crippen LogP contribution >= 0.6 is 0 Å². The lowest BCUT2D eigenvalue weighted by atomic mass is 9.98. The predicted octanol–water partition coefficient (Wildman–Crippen LogP) is 3.87. The van der Waals surface area contributed by atoms with Crippen molar-refractivity contribution < 1.29 is 24.2 Å². The first-order valence-electron chi connectivity index (χ1n) is 10.9. The van der Waals surface area contributed by atoms with E-state index in [4.69, 9.17) is 4.74 Å². The first-order valence-corrected chi connectivity index (χ1v) is 10.9. The van der Waals surface area contributed by atoms with E-state index in [1.807, 2.05) is 24.3 Å². The van der Waals surface area contributed by atoms with Crippen molar-refractivity contribution in [3.05, 3.63) is 59.7 Å². The molecule has 1 aliphatic rings. The van der Waals surface area contributed by atoms with Crippen LogP contribution in [0.4, 0.5) is 4.79 Å². The van der Waals surface area contributed by atoms with Crippen LogP contribution < -0.4 is 5.32 Å². The van der Waals surface area contributed by atoms with Crippen LogP contribution in [0, 0.1) is 5.92 Å². The summed E-state index contributed by atoms with van der Waals surface area (Å²) in [5, 5.41) is 11.9. The number of amides is 2. The standard InChI is InChI=1S/C25H30N2O5/c1-4-22(24(29)30)27(3)23(28)16(2)13-14-26-25(31)32-15-21-19-11-7-5-9-17(19)18-10-6-8-12-20(18)21/h5-12,16,21-22H,4,13-15H2,1-3H3,(H,26,31)(H,29,30). The summed E-state index contributed by atoms with van der Waals surface area (Å²) in [5.74, 6) is -1.70. The van der Waals surface area contributed by atoms with Crippen LogP contribution in [0.3, 0.4) is 0 Å². The SMILES string of the molecule is CCC(C(=O)O)N(C)C(=O)C(C)CCNC(=O)OCC1c2ccccc2-c2ccccc21. The number of carbonyl (C=O) groups is 3. The summed E-state index contributed by atoms with van der Waals surface area (Å²) in [6.45, 7) is 3.95. The van der Waals surface area contributed by atoms with Crippen molar-refractivity contribution in [2.45, 2.75) is 38.6 Å². The van der Waals surface area contributed by atoms with Crippen molar-refractivity contribution in [2.24, 2.45) is 5.92 Å². The first-order chi connectivity index (χ1) is 15.3. The van der Waals surface area contributed by atoms with Crippen LogP contribution in [0.5, 0.6) is 0 Å². The number of carboxylic acids is 1. The Kier molecular flexibility index (Phi) is 7.51. The molecule has 3 rings (SSSR count). The summed E-state index contributed by atoms with van der Waals surface area (Å²) < 4.78 is 5.49. The molecule has 2 amide bonds. The number of hydrogen-bond acceptors (Lipinski definition) is 4. The number of fused-ring (bicyclic) bond motifs is 3. The Balaban J connectivity index is 1.49. The van der Waals surface area contributed by atoms with E-state index in [1.165, 1.54) is 23.1 Å². The molecule has 2 N–H and O–H groups in total. The number of carbonyl (C=O) groups excluding carboxylic acids is 2. The molecule has 7 nitrogen and oxygen atoms in total. The van der Waals surface area contributed by atoms with Crippen molar-refractivity contribution in [2.75, 3.05) is 20.2 Å². The average molecular weight is 439 g/mol. The summed E-state index contributed by atoms with van der Waals surface area (Å²) in [7, 11) is 1.50. The molecule has 0 aliphatic heterocycles. The number of nitrogens with zero attached hydrogens (tertiary/aromatic N) is 1. The molecule has 1 aliphatic carbocycles. The lowest BCUT2D eigenvalue weighted by Gasteiger charge is -2.26. The summed E-state index contributed by atoms with van der Waals surface area (Å²) in [4.78, 5) is 37.3. The van der Waals surface area contributed by atoms with E-state index in [-0.39, 0.29) is 25.0 Å². The molecule has 32 heavy (non-hydrogen) atoms. The van der Waals surface area contributed by atoms with Gasteiger partial charge in [0, 0.05) is 25.4 Å². The second kappa shape index (κ2) is 10.3. The number of nitrogens with one attached hydrogen (secondary N) is 1. The van der Waals surface area contributed by atoms with Crippen molar-refractivity contribution in [3.63, 3.8) is 0 Å². The minimum Gasteiger partial charge on any atom is -0.480 e. The zero-order chi connectivity index (χ0) is 23.3. The van der Waals surface area contributed by atoms with E-state index in [9.17, 15) is 19.5 Å². The van der Waals surface area contributed by atoms with Crippen LogP contribution in [0.2, 0.25) is 0 Å². The van der Waals surface area contributed by atoms with Gasteiger partial charge in [-0.2, -0.15) is 0 Å². The summed E-state index contributed by atoms with van der Waals surface area (Å²) in [5.41, 5.74) is 4.63. The number of rotatable bonds is 9. The van der Waals surface area contributed by atoms with Gasteiger partial charge >= 0.3 is 12.1 Å². The summed E-state index contributed by atoms with van der Waals surface area (Å²) in [6, 6.07) is 15.4. The Labute approximate surface area is 188 Å². The van der Waals surface area contributed by atoms with Crippen molar-refractivity contribution in [3.8, 4) is 11.1 Å². The zero-order valence-electron chi connectivity index (χ0n) is 18.7. The Morgan fingerprint density at radius 2 is 1.62 bits per heavy atom. The van der Waals surface area contributed by atoms with E-state index in [2.05, 4.69) is 29.6 Å². The quantitative estimate of drug-likeness (QED) is 0.620. The lowest BCUT2D eigenvalue weighted by molar-refractivity contribution is -0.150. The van der Waals surface area contributed by atoms with Crippen LogP contribution in [-0.2, 0) is 14.3 Å². The van der Waals surface area contributed by atoms with E-state index in [1.54, 1.807) is 13.8 Å². The molecule has 0 saturated carbocycles. The smallest absolute Gasteiger partial charge is 0.407 e. The molecular weight excluding hydrogens is 408 g/mol. The Hall–Kier alpha value is -3.35. The molecule has 0 aromatic heterocycles. The van der Waals surface area contributed by atoms with Gasteiger partial charge in [0.15, 0.2) is 0 Å². The van der Waals surface area contributed by atoms with E-state index >= 15 is 0 Å². The minimum atomic E-state index is -1.02. The molecule has 0 heterocycles. The van der Waals surface area contributed by atoms with Gasteiger partial charge in [-0.1, -0.05) is 62.4 Å². The highest BCUT2D eigenvalue weighted by Gasteiger charge is 2.29. The highest BCUT2D eigenvalue weighted by atomic mass is 16.5. The fourth-order valence-electron chi connectivity index (χ4n) is 4.28. The Morgan fingerprint density at radius 3 is 2.16 bits per heavy atom. The molecule has 0 fully saturated rings. The molecule has 0 radical (unpaired) electrons. The molecule has 0 saturated heterocycles. The van der Waals surface area contributed by atoms with Crippen molar-refractivity contribution in [1.29, 1.82) is 0 Å². The monoisotopic (exact) mass is 438 g/mol. The maximum atomic E-state index is 12.5. The molecule has 0 bridgehead atoms. The number of benzene rings is 2. The predicted molar refractivity (Wildman–Crippen MR) is 121 cm³/mol. The van der Waals surface area contributed by atoms with Gasteiger partial charge in [-0.05, 0) is 35.1 Å². The molecule has 2 unspecified atom stereocenters. The number of likely N-dealkylation sites (N-methyl/N-ethyl adjacent to an activating group) is 1. The molecule has 2 aromatic carbocycles. The van der Waals surface area contributed by atoms with E-state index in [0.717, 1.165) is 11.1 Å². The lowest BCUT2D eigenvalue weighted by Crippen LogP contribution is -2.44. The van der Waals surface area contributed by atoms with Crippen molar-refractivity contribution >= 4 is 18.0 Å². The zero-order valence-corrected chi connectivity index (χ0v) is 18.7. The third kappa shape index (κ3) is 4.93. The minimum absolute atomic E-state index is 0.00991. The molecule has 2 aromatic rings. The number of hydrogen-bond donors (Lipinski definition) is 2. The molecule has 170 valence electrons. The van der Waals surface area contributed by atoms with Gasteiger partial charge < -0.3 is 20.1 Å². The van der Waals surface area contributed by atoms with Gasteiger partial charge in [0.2, 0.25) is 5.91 Å². The number of ether oxygens (including phenoxy) is 1. The largest absolute Gasteiger partial charge is 0.480 e. The Morgan fingerprint density at radius 1 is 1.06 bits per heavy atom. The molecular formula is C25H30N2O5. The maximum Gasteiger partial charge on any atom is 0.407 e. The highest BCUT2D eigenvalue weighted by molar-refractivity contribution is 5.84. The average Bonchev–Trinajstić information content (AvgIpc) is 3.11. The topological polar surface area (TPSA) is 95.9 Å². The second-order valence-corrected chi connectivity index (χ2v) is 8.15. The fraction of sp³-hybridized carbons (Fsp3) is 0.400. The van der Waals surface area contributed by atoms with Gasteiger partial charge in [0.1, 0.15) is 12.6 Å². The number of alkyl carbamates (subject to hydrolysis) is 1. The van der Waals surface area contributed by atoms with Crippen molar-refractivity contribution in [1.82, 2.24) is 10.2 Å². The van der Waals surface area contributed by atoms with Gasteiger partial charge in [-0.3, -0.25) is 4.79 Å². The molecule has 7 heteroatoms. The van der Waals surface area contributed by atoms with Gasteiger partial charge in [0.25, 0.3) is 0 Å². The van der Waals surface area contributed by atoms with Gasteiger partial charge in [0.05, 0.1) is 0 Å². The van der Waals surface area contributed by atoms with Crippen LogP contribution in [0.25, 0.3) is 11.1 Å². The Bertz CT molecular complexity index is 944. The second-order valence-electron chi connectivity index (χ2n) is 8.15. The van der Waals surface area contributed by atoms with E-state index < -0.39 is 24.0 Å². The third-order valence-electron chi connectivity index (χ3n) is 6.10. The number of aliphatic carboxylic acids is 1. The molecule has 2 atom stereocenters.